The molecule has 0 saturated heterocycles. The molecule has 0 aliphatic heterocycles. The van der Waals surface area contributed by atoms with Crippen molar-refractivity contribution in [2.45, 2.75) is 25.6 Å². The van der Waals surface area contributed by atoms with Crippen LogP contribution in [0, 0.1) is 5.82 Å². The molecule has 0 bridgehead atoms. The SMILES string of the molecule is O=C(NCCCCOc1ccc(F)cc1)c1ccc(COCC(F)(F)F)cc1. The van der Waals surface area contributed by atoms with Crippen LogP contribution in [0.15, 0.2) is 48.5 Å². The molecule has 0 aliphatic rings. The van der Waals surface area contributed by atoms with Crippen molar-refractivity contribution in [2.75, 3.05) is 19.8 Å². The number of rotatable bonds is 10. The number of nitrogens with one attached hydrogen (secondary N) is 1. The molecule has 1 amide bonds. The molecule has 1 N–H and O–H groups in total. The number of alkyl halides is 3. The first-order valence-electron chi connectivity index (χ1n) is 8.73. The molecule has 2 aromatic carbocycles. The quantitative estimate of drug-likeness (QED) is 0.473. The van der Waals surface area contributed by atoms with Crippen LogP contribution in [0.4, 0.5) is 17.6 Å². The van der Waals surface area contributed by atoms with Crippen molar-refractivity contribution in [2.24, 2.45) is 0 Å². The van der Waals surface area contributed by atoms with Gasteiger partial charge in [0.15, 0.2) is 0 Å². The fourth-order valence-electron chi connectivity index (χ4n) is 2.29. The maximum absolute atomic E-state index is 12.8. The average molecular weight is 399 g/mol. The van der Waals surface area contributed by atoms with Crippen LogP contribution in [-0.2, 0) is 11.3 Å². The molecule has 0 aromatic heterocycles. The summed E-state index contributed by atoms with van der Waals surface area (Å²) in [6.45, 7) is -0.564. The first kappa shape index (κ1) is 21.7. The lowest BCUT2D eigenvalue weighted by Crippen LogP contribution is -2.24. The van der Waals surface area contributed by atoms with Crippen molar-refractivity contribution >= 4 is 5.91 Å². The summed E-state index contributed by atoms with van der Waals surface area (Å²) in [5.74, 6) is 0.00359. The summed E-state index contributed by atoms with van der Waals surface area (Å²) < 4.78 is 58.9. The number of ether oxygens (including phenoxy) is 2. The van der Waals surface area contributed by atoms with E-state index in [-0.39, 0.29) is 18.3 Å². The number of carbonyl (C=O) groups is 1. The summed E-state index contributed by atoms with van der Waals surface area (Å²) in [4.78, 5) is 12.0. The number of halogens is 4. The van der Waals surface area contributed by atoms with Crippen LogP contribution in [-0.4, -0.2) is 31.8 Å². The van der Waals surface area contributed by atoms with E-state index in [0.29, 0.717) is 42.9 Å². The molecule has 28 heavy (non-hydrogen) atoms. The molecule has 0 aliphatic carbocycles. The molecule has 0 unspecified atom stereocenters. The minimum absolute atomic E-state index is 0.171. The second-order valence-corrected chi connectivity index (χ2v) is 6.07. The molecule has 152 valence electrons. The topological polar surface area (TPSA) is 47.6 Å². The lowest BCUT2D eigenvalue weighted by atomic mass is 10.1. The van der Waals surface area contributed by atoms with Gasteiger partial charge >= 0.3 is 6.18 Å². The summed E-state index contributed by atoms with van der Waals surface area (Å²) in [7, 11) is 0. The summed E-state index contributed by atoms with van der Waals surface area (Å²) in [6.07, 6.45) is -2.94. The maximum atomic E-state index is 12.8. The van der Waals surface area contributed by atoms with E-state index in [9.17, 15) is 22.4 Å². The molecule has 0 fully saturated rings. The van der Waals surface area contributed by atoms with Gasteiger partial charge in [-0.1, -0.05) is 12.1 Å². The van der Waals surface area contributed by atoms with Gasteiger partial charge in [0, 0.05) is 12.1 Å². The number of benzene rings is 2. The summed E-state index contributed by atoms with van der Waals surface area (Å²) >= 11 is 0. The number of unbranched alkanes of at least 4 members (excludes halogenated alkanes) is 1. The number of hydrogen-bond acceptors (Lipinski definition) is 3. The maximum Gasteiger partial charge on any atom is 0.411 e. The smallest absolute Gasteiger partial charge is 0.411 e. The molecule has 0 radical (unpaired) electrons. The van der Waals surface area contributed by atoms with Crippen molar-refractivity contribution in [3.05, 3.63) is 65.5 Å². The normalized spacial score (nSPS) is 11.3. The van der Waals surface area contributed by atoms with E-state index in [1.807, 2.05) is 0 Å². The van der Waals surface area contributed by atoms with Crippen LogP contribution in [0.3, 0.4) is 0 Å². The van der Waals surface area contributed by atoms with Crippen LogP contribution >= 0.6 is 0 Å². The Kier molecular flexibility index (Phi) is 8.25. The van der Waals surface area contributed by atoms with Crippen LogP contribution in [0.2, 0.25) is 0 Å². The van der Waals surface area contributed by atoms with E-state index in [1.54, 1.807) is 36.4 Å². The van der Waals surface area contributed by atoms with E-state index >= 15 is 0 Å². The fraction of sp³-hybridized carbons (Fsp3) is 0.350. The standard InChI is InChI=1S/C20H21F4NO3/c21-17-7-9-18(10-8-17)28-12-2-1-11-25-19(26)16-5-3-15(4-6-16)13-27-14-20(22,23)24/h3-10H,1-2,11-14H2,(H,25,26). The highest BCUT2D eigenvalue weighted by Crippen LogP contribution is 2.16. The Morgan fingerprint density at radius 1 is 0.964 bits per heavy atom. The first-order valence-corrected chi connectivity index (χ1v) is 8.73. The Hall–Kier alpha value is -2.61. The van der Waals surface area contributed by atoms with Gasteiger partial charge in [0.25, 0.3) is 5.91 Å². The molecule has 8 heteroatoms. The molecule has 0 saturated carbocycles. The lowest BCUT2D eigenvalue weighted by molar-refractivity contribution is -0.176. The van der Waals surface area contributed by atoms with Crippen LogP contribution < -0.4 is 10.1 Å². The molecule has 0 heterocycles. The monoisotopic (exact) mass is 399 g/mol. The summed E-state index contributed by atoms with van der Waals surface area (Å²) in [6, 6.07) is 11.9. The minimum Gasteiger partial charge on any atom is -0.494 e. The molecular formula is C20H21F4NO3. The van der Waals surface area contributed by atoms with Crippen LogP contribution in [0.25, 0.3) is 0 Å². The minimum atomic E-state index is -4.36. The Labute approximate surface area is 160 Å². The molecule has 4 nitrogen and oxygen atoms in total. The zero-order valence-corrected chi connectivity index (χ0v) is 15.1. The first-order chi connectivity index (χ1) is 13.3. The van der Waals surface area contributed by atoms with E-state index in [1.165, 1.54) is 12.1 Å². The second kappa shape index (κ2) is 10.7. The Bertz CT molecular complexity index is 731. The lowest BCUT2D eigenvalue weighted by Gasteiger charge is -2.09. The number of carbonyl (C=O) groups excluding carboxylic acids is 1. The van der Waals surface area contributed by atoms with Gasteiger partial charge in [-0.15, -0.1) is 0 Å². The summed E-state index contributed by atoms with van der Waals surface area (Å²) in [5.41, 5.74) is 0.973. The van der Waals surface area contributed by atoms with Crippen molar-refractivity contribution < 1.29 is 31.8 Å². The van der Waals surface area contributed by atoms with Gasteiger partial charge in [0.1, 0.15) is 18.2 Å². The van der Waals surface area contributed by atoms with Crippen molar-refractivity contribution in [3.63, 3.8) is 0 Å². The highest BCUT2D eigenvalue weighted by molar-refractivity contribution is 5.94. The Morgan fingerprint density at radius 2 is 1.64 bits per heavy atom. The fourth-order valence-corrected chi connectivity index (χ4v) is 2.29. The third kappa shape index (κ3) is 8.39. The Morgan fingerprint density at radius 3 is 2.29 bits per heavy atom. The molecule has 0 spiro atoms. The van der Waals surface area contributed by atoms with Crippen molar-refractivity contribution in [1.29, 1.82) is 0 Å². The third-order valence-corrected chi connectivity index (χ3v) is 3.69. The molecule has 2 aromatic rings. The van der Waals surface area contributed by atoms with Crippen molar-refractivity contribution in [3.8, 4) is 5.75 Å². The number of amides is 1. The highest BCUT2D eigenvalue weighted by Gasteiger charge is 2.27. The van der Waals surface area contributed by atoms with Gasteiger partial charge in [0.2, 0.25) is 0 Å². The van der Waals surface area contributed by atoms with Gasteiger partial charge in [-0.3, -0.25) is 4.79 Å². The average Bonchev–Trinajstić information content (AvgIpc) is 2.65. The van der Waals surface area contributed by atoms with Gasteiger partial charge < -0.3 is 14.8 Å². The molecule has 0 atom stereocenters. The molecular weight excluding hydrogens is 378 g/mol. The van der Waals surface area contributed by atoms with E-state index in [4.69, 9.17) is 4.74 Å². The molecule has 2 rings (SSSR count). The van der Waals surface area contributed by atoms with E-state index < -0.39 is 12.8 Å². The second-order valence-electron chi connectivity index (χ2n) is 6.07. The van der Waals surface area contributed by atoms with Gasteiger partial charge in [-0.05, 0) is 54.8 Å². The highest BCUT2D eigenvalue weighted by atomic mass is 19.4. The number of hydrogen-bond donors (Lipinski definition) is 1. The predicted octanol–water partition coefficient (Wildman–Crippen LogP) is 4.49. The van der Waals surface area contributed by atoms with Crippen LogP contribution in [0.1, 0.15) is 28.8 Å². The van der Waals surface area contributed by atoms with Crippen molar-refractivity contribution in [1.82, 2.24) is 5.32 Å². The third-order valence-electron chi connectivity index (χ3n) is 3.69. The van der Waals surface area contributed by atoms with Gasteiger partial charge in [-0.2, -0.15) is 13.2 Å². The zero-order valence-electron chi connectivity index (χ0n) is 15.1. The predicted molar refractivity (Wildman–Crippen MR) is 95.6 cm³/mol. The van der Waals surface area contributed by atoms with Gasteiger partial charge in [0.05, 0.1) is 13.2 Å². The largest absolute Gasteiger partial charge is 0.494 e. The summed E-state index contributed by atoms with van der Waals surface area (Å²) in [5, 5.41) is 2.76. The van der Waals surface area contributed by atoms with E-state index in [0.717, 1.165) is 0 Å². The van der Waals surface area contributed by atoms with Crippen LogP contribution in [0.5, 0.6) is 5.75 Å². The van der Waals surface area contributed by atoms with Gasteiger partial charge in [-0.25, -0.2) is 4.39 Å². The van der Waals surface area contributed by atoms with E-state index in [2.05, 4.69) is 10.1 Å². The zero-order chi connectivity index (χ0) is 20.4. The Balaban J connectivity index is 1.61.